The van der Waals surface area contributed by atoms with Crippen molar-refractivity contribution in [2.75, 3.05) is 0 Å². The van der Waals surface area contributed by atoms with Crippen LogP contribution in [0.2, 0.25) is 5.02 Å². The number of hydrogen-bond donors (Lipinski definition) is 0. The van der Waals surface area contributed by atoms with Crippen LogP contribution in [-0.2, 0) is 6.54 Å². The van der Waals surface area contributed by atoms with Crippen molar-refractivity contribution in [3.05, 3.63) is 88.2 Å². The number of fused-ring (bicyclic) bond motifs is 1. The van der Waals surface area contributed by atoms with Gasteiger partial charge in [-0.05, 0) is 60.7 Å². The molecule has 0 N–H and O–H groups in total. The monoisotopic (exact) mass is 464 g/mol. The van der Waals surface area contributed by atoms with Gasteiger partial charge < -0.3 is 8.98 Å². The first-order valence-corrected chi connectivity index (χ1v) is 10.1. The Labute approximate surface area is 180 Å². The summed E-state index contributed by atoms with van der Waals surface area (Å²) in [6.45, 7) is 0.419. The Bertz CT molecular complexity index is 1290. The van der Waals surface area contributed by atoms with Gasteiger partial charge in [0.2, 0.25) is 11.8 Å². The van der Waals surface area contributed by atoms with E-state index in [1.807, 2.05) is 72.8 Å². The van der Waals surface area contributed by atoms with Crippen molar-refractivity contribution < 1.29 is 4.42 Å². The molecule has 3 aromatic carbocycles. The average molecular weight is 466 g/mol. The SMILES string of the molecule is Clc1ccc(-c2nc3ccccc3n2Cc2nnc(-c3ccc(Br)cc3)o2)cc1. The molecule has 0 aliphatic carbocycles. The highest BCUT2D eigenvalue weighted by atomic mass is 79.9. The third-order valence-corrected chi connectivity index (χ3v) is 5.39. The smallest absolute Gasteiger partial charge is 0.247 e. The summed E-state index contributed by atoms with van der Waals surface area (Å²) < 4.78 is 9.01. The third-order valence-electron chi connectivity index (χ3n) is 4.61. The summed E-state index contributed by atoms with van der Waals surface area (Å²) in [5.74, 6) is 1.83. The van der Waals surface area contributed by atoms with Gasteiger partial charge >= 0.3 is 0 Å². The first-order chi connectivity index (χ1) is 14.2. The summed E-state index contributed by atoms with van der Waals surface area (Å²) in [7, 11) is 0. The summed E-state index contributed by atoms with van der Waals surface area (Å²) in [4.78, 5) is 4.81. The first-order valence-electron chi connectivity index (χ1n) is 8.97. The fourth-order valence-corrected chi connectivity index (χ4v) is 3.61. The van der Waals surface area contributed by atoms with E-state index >= 15 is 0 Å². The topological polar surface area (TPSA) is 56.7 Å². The molecule has 0 bridgehead atoms. The average Bonchev–Trinajstić information content (AvgIpc) is 3.35. The number of nitrogens with zero attached hydrogens (tertiary/aromatic N) is 4. The van der Waals surface area contributed by atoms with Crippen LogP contribution >= 0.6 is 27.5 Å². The highest BCUT2D eigenvalue weighted by Gasteiger charge is 2.16. The van der Waals surface area contributed by atoms with Crippen LogP contribution in [-0.4, -0.2) is 19.7 Å². The van der Waals surface area contributed by atoms with Crippen molar-refractivity contribution in [2.45, 2.75) is 6.54 Å². The zero-order valence-corrected chi connectivity index (χ0v) is 17.4. The molecular weight excluding hydrogens is 452 g/mol. The molecule has 0 fully saturated rings. The Hall–Kier alpha value is -2.96. The van der Waals surface area contributed by atoms with Crippen LogP contribution in [0.1, 0.15) is 5.89 Å². The summed E-state index contributed by atoms with van der Waals surface area (Å²) >= 11 is 9.49. The molecule has 0 unspecified atom stereocenters. The molecule has 2 aromatic heterocycles. The molecule has 29 heavy (non-hydrogen) atoms. The second-order valence-electron chi connectivity index (χ2n) is 6.53. The second kappa shape index (κ2) is 7.46. The number of rotatable bonds is 4. The minimum Gasteiger partial charge on any atom is -0.419 e. The van der Waals surface area contributed by atoms with Crippen LogP contribution < -0.4 is 0 Å². The standard InChI is InChI=1S/C22H14BrClN4O/c23-16-9-5-15(6-10-16)22-27-26-20(29-22)13-28-19-4-2-1-3-18(19)25-21(28)14-7-11-17(24)12-8-14/h1-12H,13H2. The molecule has 7 heteroatoms. The maximum absolute atomic E-state index is 6.05. The molecule has 0 saturated heterocycles. The predicted molar refractivity (Wildman–Crippen MR) is 117 cm³/mol. The molecule has 5 nitrogen and oxygen atoms in total. The summed E-state index contributed by atoms with van der Waals surface area (Å²) in [6, 6.07) is 23.4. The fraction of sp³-hybridized carbons (Fsp3) is 0.0455. The lowest BCUT2D eigenvalue weighted by molar-refractivity contribution is 0.492. The van der Waals surface area contributed by atoms with Crippen LogP contribution in [0.25, 0.3) is 33.9 Å². The lowest BCUT2D eigenvalue weighted by Crippen LogP contribution is -2.02. The molecule has 0 spiro atoms. The highest BCUT2D eigenvalue weighted by molar-refractivity contribution is 9.10. The first kappa shape index (κ1) is 18.1. The summed E-state index contributed by atoms with van der Waals surface area (Å²) in [5.41, 5.74) is 3.75. The molecule has 142 valence electrons. The van der Waals surface area contributed by atoms with E-state index in [9.17, 15) is 0 Å². The molecule has 5 aromatic rings. The zero-order valence-electron chi connectivity index (χ0n) is 15.1. The van der Waals surface area contributed by atoms with Crippen LogP contribution in [0.5, 0.6) is 0 Å². The molecule has 2 heterocycles. The quantitative estimate of drug-likeness (QED) is 0.316. The molecule has 0 saturated carbocycles. The van der Waals surface area contributed by atoms with E-state index in [0.717, 1.165) is 32.5 Å². The van der Waals surface area contributed by atoms with E-state index in [1.165, 1.54) is 0 Å². The van der Waals surface area contributed by atoms with E-state index in [1.54, 1.807) is 0 Å². The maximum atomic E-state index is 6.05. The van der Waals surface area contributed by atoms with Crippen molar-refractivity contribution in [1.82, 2.24) is 19.7 Å². The van der Waals surface area contributed by atoms with Gasteiger partial charge in [-0.25, -0.2) is 4.98 Å². The van der Waals surface area contributed by atoms with Crippen LogP contribution in [0.4, 0.5) is 0 Å². The highest BCUT2D eigenvalue weighted by Crippen LogP contribution is 2.27. The van der Waals surface area contributed by atoms with Gasteiger partial charge in [0, 0.05) is 20.6 Å². The van der Waals surface area contributed by atoms with Crippen molar-refractivity contribution in [2.24, 2.45) is 0 Å². The Morgan fingerprint density at radius 1 is 0.862 bits per heavy atom. The van der Waals surface area contributed by atoms with Crippen molar-refractivity contribution in [3.63, 3.8) is 0 Å². The molecule has 0 aliphatic rings. The van der Waals surface area contributed by atoms with Crippen molar-refractivity contribution in [3.8, 4) is 22.8 Å². The Balaban J connectivity index is 1.56. The van der Waals surface area contributed by atoms with E-state index in [2.05, 4.69) is 30.7 Å². The Morgan fingerprint density at radius 3 is 2.38 bits per heavy atom. The number of halogens is 2. The van der Waals surface area contributed by atoms with Gasteiger partial charge in [0.05, 0.1) is 11.0 Å². The van der Waals surface area contributed by atoms with Crippen LogP contribution in [0.3, 0.4) is 0 Å². The molecule has 5 rings (SSSR count). The van der Waals surface area contributed by atoms with Gasteiger partial charge in [-0.2, -0.15) is 0 Å². The van der Waals surface area contributed by atoms with Crippen LogP contribution in [0, 0.1) is 0 Å². The predicted octanol–water partition coefficient (Wildman–Crippen LogP) is 6.22. The van der Waals surface area contributed by atoms with Crippen molar-refractivity contribution in [1.29, 1.82) is 0 Å². The maximum Gasteiger partial charge on any atom is 0.247 e. The number of para-hydroxylation sites is 2. The van der Waals surface area contributed by atoms with E-state index < -0.39 is 0 Å². The molecular formula is C22H14BrClN4O. The number of benzene rings is 3. The molecule has 0 amide bonds. The molecule has 0 aliphatic heterocycles. The second-order valence-corrected chi connectivity index (χ2v) is 7.88. The largest absolute Gasteiger partial charge is 0.419 e. The number of aromatic nitrogens is 4. The minimum absolute atomic E-state index is 0.419. The van der Waals surface area contributed by atoms with Crippen molar-refractivity contribution >= 4 is 38.6 Å². The Kier molecular flexibility index (Phi) is 4.66. The van der Waals surface area contributed by atoms with Gasteiger partial charge in [-0.3, -0.25) is 0 Å². The molecule has 0 radical (unpaired) electrons. The number of hydrogen-bond acceptors (Lipinski definition) is 4. The summed E-state index contributed by atoms with van der Waals surface area (Å²) in [6.07, 6.45) is 0. The van der Waals surface area contributed by atoms with Crippen LogP contribution in [0.15, 0.2) is 81.7 Å². The van der Waals surface area contributed by atoms with Gasteiger partial charge in [0.25, 0.3) is 0 Å². The van der Waals surface area contributed by atoms with Gasteiger partial charge in [-0.1, -0.05) is 39.7 Å². The van der Waals surface area contributed by atoms with E-state index in [-0.39, 0.29) is 0 Å². The summed E-state index contributed by atoms with van der Waals surface area (Å²) in [5, 5.41) is 9.14. The van der Waals surface area contributed by atoms with Gasteiger partial charge in [0.1, 0.15) is 12.4 Å². The van der Waals surface area contributed by atoms with E-state index in [0.29, 0.717) is 23.3 Å². The minimum atomic E-state index is 0.419. The normalized spacial score (nSPS) is 11.2. The molecule has 0 atom stereocenters. The fourth-order valence-electron chi connectivity index (χ4n) is 3.22. The van der Waals surface area contributed by atoms with Gasteiger partial charge in [0.15, 0.2) is 0 Å². The third kappa shape index (κ3) is 3.57. The van der Waals surface area contributed by atoms with Gasteiger partial charge in [-0.15, -0.1) is 10.2 Å². The zero-order chi connectivity index (χ0) is 19.8. The lowest BCUT2D eigenvalue weighted by Gasteiger charge is -2.07. The number of imidazole rings is 1. The lowest BCUT2D eigenvalue weighted by atomic mass is 10.2. The Morgan fingerprint density at radius 2 is 1.59 bits per heavy atom. The van der Waals surface area contributed by atoms with E-state index in [4.69, 9.17) is 21.0 Å².